The number of aliphatic carboxylic acids is 1. The normalized spacial score (nSPS) is 29.2. The van der Waals surface area contributed by atoms with Crippen LogP contribution in [0, 0.1) is 11.3 Å². The number of amides is 1. The van der Waals surface area contributed by atoms with Crippen LogP contribution in [0.25, 0.3) is 0 Å². The molecule has 112 valence electrons. The lowest BCUT2D eigenvalue weighted by Crippen LogP contribution is -2.38. The molecule has 0 spiro atoms. The van der Waals surface area contributed by atoms with E-state index in [0.717, 1.165) is 18.4 Å². The van der Waals surface area contributed by atoms with Crippen LogP contribution in [-0.2, 0) is 9.59 Å². The molecule has 1 N–H and O–H groups in total. The van der Waals surface area contributed by atoms with Crippen LogP contribution in [0.3, 0.4) is 0 Å². The van der Waals surface area contributed by atoms with E-state index in [-0.39, 0.29) is 17.7 Å². The van der Waals surface area contributed by atoms with E-state index in [2.05, 4.69) is 4.98 Å². The standard InChI is InChI=1S/C16H20N2O3/c1-11(12-4-3-7-17-8-12)14(19)18-9-13-5-2-6-16(13,10-18)15(20)21/h3-4,7-8,11,13H,2,5-6,9-10H2,1H3,(H,20,21)/t11?,13-,16+/m0/s1. The number of carboxylic acids is 1. The zero-order valence-corrected chi connectivity index (χ0v) is 12.2. The highest BCUT2D eigenvalue weighted by Crippen LogP contribution is 2.49. The van der Waals surface area contributed by atoms with Gasteiger partial charge in [-0.15, -0.1) is 0 Å². The summed E-state index contributed by atoms with van der Waals surface area (Å²) in [4.78, 5) is 30.1. The minimum absolute atomic E-state index is 0.0121. The van der Waals surface area contributed by atoms with Crippen LogP contribution in [-0.4, -0.2) is 40.0 Å². The summed E-state index contributed by atoms with van der Waals surface area (Å²) >= 11 is 0. The number of carboxylic acid groups (broad SMARTS) is 1. The molecule has 1 aromatic heterocycles. The van der Waals surface area contributed by atoms with Gasteiger partial charge in [-0.3, -0.25) is 14.6 Å². The third-order valence-electron chi connectivity index (χ3n) is 5.16. The maximum Gasteiger partial charge on any atom is 0.311 e. The zero-order valence-electron chi connectivity index (χ0n) is 12.2. The Morgan fingerprint density at radius 3 is 2.95 bits per heavy atom. The molecule has 3 atom stereocenters. The van der Waals surface area contributed by atoms with Crippen LogP contribution in [0.1, 0.15) is 37.7 Å². The Bertz CT molecular complexity index is 560. The van der Waals surface area contributed by atoms with Gasteiger partial charge in [-0.2, -0.15) is 0 Å². The van der Waals surface area contributed by atoms with Crippen molar-refractivity contribution in [1.82, 2.24) is 9.88 Å². The average molecular weight is 288 g/mol. The minimum Gasteiger partial charge on any atom is -0.481 e. The second-order valence-corrected chi connectivity index (χ2v) is 6.28. The number of carbonyl (C=O) groups excluding carboxylic acids is 1. The molecule has 0 radical (unpaired) electrons. The fraction of sp³-hybridized carbons (Fsp3) is 0.562. The topological polar surface area (TPSA) is 70.5 Å². The molecule has 2 heterocycles. The molecule has 1 aromatic rings. The van der Waals surface area contributed by atoms with E-state index in [1.165, 1.54) is 0 Å². The molecule has 1 saturated heterocycles. The number of fused-ring (bicyclic) bond motifs is 1. The van der Waals surface area contributed by atoms with E-state index in [9.17, 15) is 14.7 Å². The van der Waals surface area contributed by atoms with Gasteiger partial charge in [0.15, 0.2) is 0 Å². The Morgan fingerprint density at radius 1 is 1.52 bits per heavy atom. The van der Waals surface area contributed by atoms with Gasteiger partial charge in [0.2, 0.25) is 5.91 Å². The lowest BCUT2D eigenvalue weighted by Gasteiger charge is -2.24. The molecule has 2 aliphatic rings. The van der Waals surface area contributed by atoms with E-state index in [4.69, 9.17) is 0 Å². The average Bonchev–Trinajstić information content (AvgIpc) is 3.04. The van der Waals surface area contributed by atoms with Crippen molar-refractivity contribution in [2.75, 3.05) is 13.1 Å². The van der Waals surface area contributed by atoms with Crippen LogP contribution in [0.4, 0.5) is 0 Å². The number of rotatable bonds is 3. The first-order valence-corrected chi connectivity index (χ1v) is 7.47. The molecule has 0 bridgehead atoms. The molecule has 1 saturated carbocycles. The highest BCUT2D eigenvalue weighted by molar-refractivity contribution is 5.85. The summed E-state index contributed by atoms with van der Waals surface area (Å²) in [6.07, 6.45) is 5.94. The first kappa shape index (κ1) is 14.0. The summed E-state index contributed by atoms with van der Waals surface area (Å²) in [6, 6.07) is 3.70. The fourth-order valence-corrected chi connectivity index (χ4v) is 3.86. The summed E-state index contributed by atoms with van der Waals surface area (Å²) in [6.45, 7) is 2.80. The smallest absolute Gasteiger partial charge is 0.311 e. The molecule has 2 fully saturated rings. The summed E-state index contributed by atoms with van der Waals surface area (Å²) in [5.74, 6) is -0.893. The number of hydrogen-bond donors (Lipinski definition) is 1. The van der Waals surface area contributed by atoms with Gasteiger partial charge in [0.25, 0.3) is 0 Å². The van der Waals surface area contributed by atoms with Crippen molar-refractivity contribution in [3.63, 3.8) is 0 Å². The third-order valence-corrected chi connectivity index (χ3v) is 5.16. The van der Waals surface area contributed by atoms with Crippen molar-refractivity contribution in [1.29, 1.82) is 0 Å². The number of pyridine rings is 1. The lowest BCUT2D eigenvalue weighted by molar-refractivity contribution is -0.149. The SMILES string of the molecule is CC(C(=O)N1C[C@@H]2CCC[C@@]2(C(=O)O)C1)c1cccnc1. The van der Waals surface area contributed by atoms with Gasteiger partial charge in [-0.25, -0.2) is 0 Å². The maximum atomic E-state index is 12.6. The predicted octanol–water partition coefficient (Wildman–Crippen LogP) is 1.90. The van der Waals surface area contributed by atoms with Crippen molar-refractivity contribution in [3.8, 4) is 0 Å². The van der Waals surface area contributed by atoms with Crippen molar-refractivity contribution in [3.05, 3.63) is 30.1 Å². The highest BCUT2D eigenvalue weighted by Gasteiger charge is 2.56. The second-order valence-electron chi connectivity index (χ2n) is 6.28. The zero-order chi connectivity index (χ0) is 15.0. The van der Waals surface area contributed by atoms with Crippen LogP contribution in [0.15, 0.2) is 24.5 Å². The van der Waals surface area contributed by atoms with Crippen LogP contribution < -0.4 is 0 Å². The van der Waals surface area contributed by atoms with Crippen LogP contribution >= 0.6 is 0 Å². The van der Waals surface area contributed by atoms with Crippen molar-refractivity contribution in [2.24, 2.45) is 11.3 Å². The highest BCUT2D eigenvalue weighted by atomic mass is 16.4. The Balaban J connectivity index is 1.77. The molecule has 1 aliphatic heterocycles. The van der Waals surface area contributed by atoms with Gasteiger partial charge < -0.3 is 10.0 Å². The monoisotopic (exact) mass is 288 g/mol. The minimum atomic E-state index is -0.741. The van der Waals surface area contributed by atoms with E-state index < -0.39 is 11.4 Å². The third kappa shape index (κ3) is 2.20. The molecule has 0 aromatic carbocycles. The molecular weight excluding hydrogens is 268 g/mol. The number of aromatic nitrogens is 1. The van der Waals surface area contributed by atoms with E-state index in [1.807, 2.05) is 19.1 Å². The van der Waals surface area contributed by atoms with E-state index >= 15 is 0 Å². The maximum absolute atomic E-state index is 12.6. The van der Waals surface area contributed by atoms with Gasteiger partial charge in [-0.05, 0) is 37.3 Å². The molecule has 3 rings (SSSR count). The summed E-state index contributed by atoms with van der Waals surface area (Å²) in [7, 11) is 0. The Labute approximate surface area is 124 Å². The van der Waals surface area contributed by atoms with Crippen LogP contribution in [0.5, 0.6) is 0 Å². The van der Waals surface area contributed by atoms with Crippen molar-refractivity contribution >= 4 is 11.9 Å². The van der Waals surface area contributed by atoms with Crippen molar-refractivity contribution in [2.45, 2.75) is 32.1 Å². The molecule has 1 unspecified atom stereocenters. The molecule has 1 amide bonds. The number of nitrogens with zero attached hydrogens (tertiary/aromatic N) is 2. The first-order chi connectivity index (χ1) is 10.0. The molecule has 1 aliphatic carbocycles. The number of likely N-dealkylation sites (tertiary alicyclic amines) is 1. The van der Waals surface area contributed by atoms with Crippen LogP contribution in [0.2, 0.25) is 0 Å². The van der Waals surface area contributed by atoms with Crippen molar-refractivity contribution < 1.29 is 14.7 Å². The summed E-state index contributed by atoms with van der Waals surface area (Å²) < 4.78 is 0. The van der Waals surface area contributed by atoms with E-state index in [1.54, 1.807) is 17.3 Å². The number of hydrogen-bond acceptors (Lipinski definition) is 3. The lowest BCUT2D eigenvalue weighted by atomic mass is 9.81. The van der Waals surface area contributed by atoms with Gasteiger partial charge in [0.05, 0.1) is 11.3 Å². The molecule has 21 heavy (non-hydrogen) atoms. The molecule has 5 heteroatoms. The summed E-state index contributed by atoms with van der Waals surface area (Å²) in [5, 5.41) is 9.58. The quantitative estimate of drug-likeness (QED) is 0.922. The largest absolute Gasteiger partial charge is 0.481 e. The van der Waals surface area contributed by atoms with E-state index in [0.29, 0.717) is 19.5 Å². The fourth-order valence-electron chi connectivity index (χ4n) is 3.86. The Morgan fingerprint density at radius 2 is 2.33 bits per heavy atom. The van der Waals surface area contributed by atoms with Gasteiger partial charge >= 0.3 is 5.97 Å². The second kappa shape index (κ2) is 5.13. The summed E-state index contributed by atoms with van der Waals surface area (Å²) in [5.41, 5.74) is 0.175. The molecular formula is C16H20N2O3. The molecule has 5 nitrogen and oxygen atoms in total. The number of carbonyl (C=O) groups is 2. The Kier molecular flexibility index (Phi) is 3.43. The van der Waals surface area contributed by atoms with Gasteiger partial charge in [-0.1, -0.05) is 12.5 Å². The predicted molar refractivity (Wildman–Crippen MR) is 76.6 cm³/mol. The van der Waals surface area contributed by atoms with Gasteiger partial charge in [0, 0.05) is 25.5 Å². The first-order valence-electron chi connectivity index (χ1n) is 7.47. The van der Waals surface area contributed by atoms with Gasteiger partial charge in [0.1, 0.15) is 0 Å². The Hall–Kier alpha value is -1.91.